The maximum absolute atomic E-state index is 11.3. The molecule has 0 radical (unpaired) electrons. The lowest BCUT2D eigenvalue weighted by molar-refractivity contribution is -0.139. The lowest BCUT2D eigenvalue weighted by atomic mass is 10.1. The summed E-state index contributed by atoms with van der Waals surface area (Å²) in [5, 5.41) is 13.8. The van der Waals surface area contributed by atoms with E-state index in [9.17, 15) is 9.90 Å². The summed E-state index contributed by atoms with van der Waals surface area (Å²) in [5.41, 5.74) is -0.209. The van der Waals surface area contributed by atoms with Gasteiger partial charge in [0, 0.05) is 18.9 Å². The molecule has 2 aliphatic rings. The van der Waals surface area contributed by atoms with E-state index < -0.39 is 5.97 Å². The normalized spacial score (nSPS) is 29.6. The van der Waals surface area contributed by atoms with Crippen LogP contribution in [0.1, 0.15) is 63.0 Å². The zero-order valence-corrected chi connectivity index (χ0v) is 11.8. The van der Waals surface area contributed by atoms with Gasteiger partial charge in [-0.15, -0.1) is 0 Å². The van der Waals surface area contributed by atoms with Gasteiger partial charge in [0.1, 0.15) is 5.82 Å². The van der Waals surface area contributed by atoms with Crippen LogP contribution in [0.3, 0.4) is 0 Å². The fourth-order valence-electron chi connectivity index (χ4n) is 3.63. The molecule has 2 atom stereocenters. The summed E-state index contributed by atoms with van der Waals surface area (Å²) < 4.78 is 1.79. The largest absolute Gasteiger partial charge is 0.481 e. The van der Waals surface area contributed by atoms with Crippen LogP contribution >= 0.6 is 0 Å². The van der Waals surface area contributed by atoms with E-state index in [1.165, 1.54) is 25.7 Å². The Morgan fingerprint density at radius 2 is 2.00 bits per heavy atom. The minimum Gasteiger partial charge on any atom is -0.481 e. The molecule has 1 aromatic heterocycles. The number of hydrogen-bond donors (Lipinski definition) is 1. The van der Waals surface area contributed by atoms with Crippen molar-refractivity contribution in [1.82, 2.24) is 14.8 Å². The van der Waals surface area contributed by atoms with Crippen LogP contribution < -0.4 is 0 Å². The topological polar surface area (TPSA) is 68.0 Å². The van der Waals surface area contributed by atoms with Crippen molar-refractivity contribution in [3.63, 3.8) is 0 Å². The number of aromatic nitrogens is 3. The number of hydrogen-bond acceptors (Lipinski definition) is 3. The Bertz CT molecular complexity index is 515. The Morgan fingerprint density at radius 3 is 2.53 bits per heavy atom. The molecule has 2 fully saturated rings. The second-order valence-corrected chi connectivity index (χ2v) is 6.55. The summed E-state index contributed by atoms with van der Waals surface area (Å²) in [5.74, 6) is 1.19. The van der Waals surface area contributed by atoms with E-state index in [4.69, 9.17) is 0 Å². The van der Waals surface area contributed by atoms with Gasteiger partial charge in [0.05, 0.1) is 5.92 Å². The van der Waals surface area contributed by atoms with Crippen LogP contribution in [0, 0.1) is 11.3 Å². The molecule has 104 valence electrons. The highest BCUT2D eigenvalue weighted by molar-refractivity contribution is 5.77. The average molecular weight is 263 g/mol. The second-order valence-electron chi connectivity index (χ2n) is 6.55. The summed E-state index contributed by atoms with van der Waals surface area (Å²) in [6, 6.07) is 0. The van der Waals surface area contributed by atoms with Crippen molar-refractivity contribution in [2.45, 2.75) is 51.4 Å². The van der Waals surface area contributed by atoms with Crippen LogP contribution in [-0.2, 0) is 11.8 Å². The predicted molar refractivity (Wildman–Crippen MR) is 69.9 cm³/mol. The first-order valence-electron chi connectivity index (χ1n) is 7.06. The third-order valence-electron chi connectivity index (χ3n) is 4.91. The van der Waals surface area contributed by atoms with Crippen LogP contribution in [0.4, 0.5) is 0 Å². The number of carbonyl (C=O) groups is 1. The van der Waals surface area contributed by atoms with Gasteiger partial charge in [-0.2, -0.15) is 5.10 Å². The smallest absolute Gasteiger partial charge is 0.307 e. The summed E-state index contributed by atoms with van der Waals surface area (Å²) in [6.07, 6.45) is 4.84. The Morgan fingerprint density at radius 1 is 1.37 bits per heavy atom. The molecule has 2 aliphatic carbocycles. The highest BCUT2D eigenvalue weighted by Gasteiger charge is 2.64. The van der Waals surface area contributed by atoms with E-state index in [0.717, 1.165) is 11.6 Å². The number of nitrogens with zero attached hydrogens (tertiary/aromatic N) is 3. The van der Waals surface area contributed by atoms with Crippen molar-refractivity contribution in [3.05, 3.63) is 11.6 Å². The molecule has 0 aliphatic heterocycles. The quantitative estimate of drug-likeness (QED) is 0.908. The van der Waals surface area contributed by atoms with Crippen LogP contribution in [0.25, 0.3) is 0 Å². The van der Waals surface area contributed by atoms with Crippen molar-refractivity contribution >= 4 is 5.97 Å². The van der Waals surface area contributed by atoms with Crippen molar-refractivity contribution in [3.8, 4) is 0 Å². The molecule has 0 spiro atoms. The van der Waals surface area contributed by atoms with Gasteiger partial charge >= 0.3 is 5.97 Å². The van der Waals surface area contributed by atoms with Gasteiger partial charge in [-0.1, -0.05) is 26.7 Å². The van der Waals surface area contributed by atoms with E-state index in [1.807, 2.05) is 20.9 Å². The Balaban J connectivity index is 1.88. The summed E-state index contributed by atoms with van der Waals surface area (Å²) in [6.45, 7) is 4.00. The fraction of sp³-hybridized carbons (Fsp3) is 0.786. The van der Waals surface area contributed by atoms with Gasteiger partial charge in [0.15, 0.2) is 5.82 Å². The van der Waals surface area contributed by atoms with Gasteiger partial charge < -0.3 is 5.11 Å². The van der Waals surface area contributed by atoms with E-state index in [-0.39, 0.29) is 17.3 Å². The molecular formula is C14H21N3O2. The summed E-state index contributed by atoms with van der Waals surface area (Å²) in [7, 11) is 1.88. The van der Waals surface area contributed by atoms with Crippen LogP contribution in [0.15, 0.2) is 0 Å². The molecule has 1 heterocycles. The van der Waals surface area contributed by atoms with Crippen LogP contribution in [-0.4, -0.2) is 25.8 Å². The van der Waals surface area contributed by atoms with Crippen LogP contribution in [0.2, 0.25) is 0 Å². The molecule has 19 heavy (non-hydrogen) atoms. The summed E-state index contributed by atoms with van der Waals surface area (Å²) in [4.78, 5) is 15.9. The van der Waals surface area contributed by atoms with Crippen molar-refractivity contribution in [2.75, 3.05) is 0 Å². The number of aryl methyl sites for hydroxylation is 1. The van der Waals surface area contributed by atoms with Gasteiger partial charge in [-0.25, -0.2) is 4.98 Å². The third kappa shape index (κ3) is 1.86. The molecule has 2 unspecified atom stereocenters. The molecule has 0 saturated heterocycles. The minimum absolute atomic E-state index is 0.00217. The van der Waals surface area contributed by atoms with E-state index in [2.05, 4.69) is 10.1 Å². The van der Waals surface area contributed by atoms with E-state index in [1.54, 1.807) is 4.68 Å². The first-order valence-corrected chi connectivity index (χ1v) is 7.06. The Hall–Kier alpha value is -1.39. The van der Waals surface area contributed by atoms with E-state index in [0.29, 0.717) is 5.92 Å². The van der Waals surface area contributed by atoms with E-state index >= 15 is 0 Å². The molecular weight excluding hydrogens is 242 g/mol. The first-order chi connectivity index (χ1) is 8.93. The molecule has 0 aromatic carbocycles. The summed E-state index contributed by atoms with van der Waals surface area (Å²) >= 11 is 0. The van der Waals surface area contributed by atoms with Gasteiger partial charge in [-0.05, 0) is 18.3 Å². The third-order valence-corrected chi connectivity index (χ3v) is 4.91. The zero-order valence-electron chi connectivity index (χ0n) is 11.8. The molecule has 1 N–H and O–H groups in total. The molecule has 1 aromatic rings. The lowest BCUT2D eigenvalue weighted by Crippen LogP contribution is -2.04. The number of aliphatic carboxylic acids is 1. The van der Waals surface area contributed by atoms with Gasteiger partial charge in [0.2, 0.25) is 0 Å². The number of rotatable bonds is 3. The average Bonchev–Trinajstić information content (AvgIpc) is 2.77. The van der Waals surface area contributed by atoms with Crippen molar-refractivity contribution in [2.24, 2.45) is 18.4 Å². The highest BCUT2D eigenvalue weighted by Crippen LogP contribution is 2.64. The zero-order chi connectivity index (χ0) is 13.8. The molecule has 2 saturated carbocycles. The minimum atomic E-state index is -0.722. The maximum Gasteiger partial charge on any atom is 0.307 e. The lowest BCUT2D eigenvalue weighted by Gasteiger charge is -2.01. The SMILES string of the molecule is Cn1nc(C2CCCC2)nc1C1C(C(=O)O)C1(C)C. The molecule has 5 heteroatoms. The Labute approximate surface area is 113 Å². The highest BCUT2D eigenvalue weighted by atomic mass is 16.4. The predicted octanol–water partition coefficient (Wildman–Crippen LogP) is 2.30. The standard InChI is InChI=1S/C14H21N3O2/c1-14(2)9(10(14)13(18)19)12-15-11(16-17(12)3)8-6-4-5-7-8/h8-10H,4-7H2,1-3H3,(H,18,19). The van der Waals surface area contributed by atoms with Gasteiger partial charge in [0.25, 0.3) is 0 Å². The number of carboxylic acids is 1. The molecule has 0 bridgehead atoms. The second kappa shape index (κ2) is 4.05. The van der Waals surface area contributed by atoms with Gasteiger partial charge in [-0.3, -0.25) is 9.48 Å². The fourth-order valence-corrected chi connectivity index (χ4v) is 3.63. The molecule has 5 nitrogen and oxygen atoms in total. The Kier molecular flexibility index (Phi) is 2.69. The maximum atomic E-state index is 11.3. The number of carboxylic acid groups (broad SMARTS) is 1. The van der Waals surface area contributed by atoms with Crippen molar-refractivity contribution in [1.29, 1.82) is 0 Å². The molecule has 0 amide bonds. The first kappa shape index (κ1) is 12.6. The van der Waals surface area contributed by atoms with Crippen molar-refractivity contribution < 1.29 is 9.90 Å². The monoisotopic (exact) mass is 263 g/mol. The molecule has 3 rings (SSSR count). The van der Waals surface area contributed by atoms with Crippen LogP contribution in [0.5, 0.6) is 0 Å².